The van der Waals surface area contributed by atoms with Crippen LogP contribution in [0, 0.1) is 0 Å². The lowest BCUT2D eigenvalue weighted by molar-refractivity contribution is -0.132. The minimum Gasteiger partial charge on any atom is -0.508 e. The van der Waals surface area contributed by atoms with Crippen LogP contribution in [0.1, 0.15) is 27.7 Å². The normalized spacial score (nSPS) is 14.0. The summed E-state index contributed by atoms with van der Waals surface area (Å²) in [6.45, 7) is 14.1. The van der Waals surface area contributed by atoms with Crippen LogP contribution in [-0.4, -0.2) is 16.2 Å². The van der Waals surface area contributed by atoms with E-state index in [2.05, 4.69) is 13.2 Å². The van der Waals surface area contributed by atoms with Gasteiger partial charge in [0.15, 0.2) is 0 Å². The summed E-state index contributed by atoms with van der Waals surface area (Å²) < 4.78 is 0. The first-order valence-corrected chi connectivity index (χ1v) is 5.51. The van der Waals surface area contributed by atoms with Gasteiger partial charge in [-0.25, -0.2) is 4.79 Å². The summed E-state index contributed by atoms with van der Waals surface area (Å²) in [4.78, 5) is 11.2. The molecule has 0 radical (unpaired) electrons. The molecule has 0 aromatic carbocycles. The predicted molar refractivity (Wildman–Crippen MR) is 74.4 cm³/mol. The Kier molecular flexibility index (Phi) is 5.89. The zero-order chi connectivity index (χ0) is 14.5. The molecule has 0 aliphatic heterocycles. The molecule has 0 aromatic heterocycles. The standard InChI is InChI=1S/C15H20O3/c1-9(2)7-13(15(17)18)11(5)12(6)14(16)8-10(3)4/h7-8,16H,1,3H2,2,4-6H3,(H,17,18)/b12-11-,13-7+,14-8+. The van der Waals surface area contributed by atoms with Crippen molar-refractivity contribution in [3.8, 4) is 0 Å². The summed E-state index contributed by atoms with van der Waals surface area (Å²) >= 11 is 0. The molecular formula is C15H20O3. The van der Waals surface area contributed by atoms with Crippen molar-refractivity contribution in [2.45, 2.75) is 27.7 Å². The SMILES string of the molecule is C=C(C)\C=C(O)/C(C)=C(C)\C(=C/C(=C)C)C(=O)O. The molecule has 0 heterocycles. The van der Waals surface area contributed by atoms with Crippen molar-refractivity contribution in [3.63, 3.8) is 0 Å². The van der Waals surface area contributed by atoms with E-state index < -0.39 is 5.97 Å². The van der Waals surface area contributed by atoms with Gasteiger partial charge in [0, 0.05) is 0 Å². The highest BCUT2D eigenvalue weighted by Gasteiger charge is 2.13. The van der Waals surface area contributed by atoms with E-state index in [0.717, 1.165) is 0 Å². The molecule has 3 heteroatoms. The molecule has 0 saturated heterocycles. The second-order valence-corrected chi connectivity index (χ2v) is 4.34. The third kappa shape index (κ3) is 4.87. The average molecular weight is 248 g/mol. The van der Waals surface area contributed by atoms with Gasteiger partial charge >= 0.3 is 5.97 Å². The maximum absolute atomic E-state index is 11.2. The second-order valence-electron chi connectivity index (χ2n) is 4.34. The summed E-state index contributed by atoms with van der Waals surface area (Å²) in [6, 6.07) is 0. The lowest BCUT2D eigenvalue weighted by Crippen LogP contribution is -2.05. The largest absolute Gasteiger partial charge is 0.508 e. The molecule has 3 nitrogen and oxygen atoms in total. The molecule has 0 atom stereocenters. The highest BCUT2D eigenvalue weighted by atomic mass is 16.4. The smallest absolute Gasteiger partial charge is 0.335 e. The molecule has 18 heavy (non-hydrogen) atoms. The number of rotatable bonds is 5. The molecule has 0 amide bonds. The minimum absolute atomic E-state index is 0.0221. The monoisotopic (exact) mass is 248 g/mol. The summed E-state index contributed by atoms with van der Waals surface area (Å²) in [5.41, 5.74) is 2.47. The minimum atomic E-state index is -1.04. The van der Waals surface area contributed by atoms with Crippen LogP contribution >= 0.6 is 0 Å². The Morgan fingerprint density at radius 1 is 0.889 bits per heavy atom. The molecular weight excluding hydrogens is 228 g/mol. The lowest BCUT2D eigenvalue weighted by atomic mass is 9.99. The molecule has 0 rings (SSSR count). The first-order chi connectivity index (χ1) is 8.16. The molecule has 0 fully saturated rings. The quantitative estimate of drug-likeness (QED) is 0.440. The van der Waals surface area contributed by atoms with Crippen LogP contribution in [0.25, 0.3) is 0 Å². The van der Waals surface area contributed by atoms with Gasteiger partial charge in [0.2, 0.25) is 0 Å². The number of aliphatic carboxylic acids is 1. The van der Waals surface area contributed by atoms with Crippen LogP contribution in [0.5, 0.6) is 0 Å². The van der Waals surface area contributed by atoms with Gasteiger partial charge in [0.1, 0.15) is 5.76 Å². The zero-order valence-corrected chi connectivity index (χ0v) is 11.4. The molecule has 0 unspecified atom stereocenters. The number of carboxylic acid groups (broad SMARTS) is 1. The Morgan fingerprint density at radius 2 is 1.33 bits per heavy atom. The number of hydrogen-bond donors (Lipinski definition) is 2. The highest BCUT2D eigenvalue weighted by Crippen LogP contribution is 2.21. The predicted octanol–water partition coefficient (Wildman–Crippen LogP) is 3.93. The fraction of sp³-hybridized carbons (Fsp3) is 0.267. The summed E-state index contributed by atoms with van der Waals surface area (Å²) in [6.07, 6.45) is 2.98. The zero-order valence-electron chi connectivity index (χ0n) is 11.4. The van der Waals surface area contributed by atoms with E-state index in [9.17, 15) is 9.90 Å². The molecule has 0 saturated carbocycles. The van der Waals surface area contributed by atoms with E-state index in [0.29, 0.717) is 22.3 Å². The van der Waals surface area contributed by atoms with Gasteiger partial charge in [-0.1, -0.05) is 24.3 Å². The van der Waals surface area contributed by atoms with Crippen molar-refractivity contribution in [2.24, 2.45) is 0 Å². The van der Waals surface area contributed by atoms with E-state index in [1.807, 2.05) is 0 Å². The summed E-state index contributed by atoms with van der Waals surface area (Å²) in [5.74, 6) is -1.02. The van der Waals surface area contributed by atoms with Gasteiger partial charge in [-0.15, -0.1) is 0 Å². The third-order valence-electron chi connectivity index (χ3n) is 2.35. The maximum Gasteiger partial charge on any atom is 0.335 e. The van der Waals surface area contributed by atoms with Crippen molar-refractivity contribution in [3.05, 3.63) is 58.9 Å². The number of carboxylic acids is 1. The van der Waals surface area contributed by atoms with Gasteiger partial charge in [-0.05, 0) is 51.0 Å². The fourth-order valence-electron chi connectivity index (χ4n) is 1.31. The van der Waals surface area contributed by atoms with E-state index in [4.69, 9.17) is 5.11 Å². The highest BCUT2D eigenvalue weighted by molar-refractivity contribution is 5.92. The molecule has 0 bridgehead atoms. The van der Waals surface area contributed by atoms with E-state index in [1.54, 1.807) is 27.7 Å². The maximum atomic E-state index is 11.2. The Hall–Kier alpha value is -2.03. The van der Waals surface area contributed by atoms with Crippen LogP contribution < -0.4 is 0 Å². The second kappa shape index (κ2) is 6.64. The van der Waals surface area contributed by atoms with Crippen LogP contribution in [0.4, 0.5) is 0 Å². The van der Waals surface area contributed by atoms with E-state index in [-0.39, 0.29) is 11.3 Å². The number of allylic oxidation sites excluding steroid dienone is 5. The number of aliphatic hydroxyl groups excluding tert-OH is 1. The Labute approximate surface area is 108 Å². The van der Waals surface area contributed by atoms with Gasteiger partial charge < -0.3 is 10.2 Å². The van der Waals surface area contributed by atoms with E-state index >= 15 is 0 Å². The third-order valence-corrected chi connectivity index (χ3v) is 2.35. The first-order valence-electron chi connectivity index (χ1n) is 5.51. The molecule has 0 aliphatic carbocycles. The lowest BCUT2D eigenvalue weighted by Gasteiger charge is -2.09. The molecule has 0 aromatic rings. The fourth-order valence-corrected chi connectivity index (χ4v) is 1.31. The van der Waals surface area contributed by atoms with Gasteiger partial charge in [-0.3, -0.25) is 0 Å². The molecule has 0 aliphatic rings. The number of aliphatic hydroxyl groups is 1. The van der Waals surface area contributed by atoms with Crippen molar-refractivity contribution in [2.75, 3.05) is 0 Å². The van der Waals surface area contributed by atoms with E-state index in [1.165, 1.54) is 12.2 Å². The number of carbonyl (C=O) groups is 1. The number of hydrogen-bond acceptors (Lipinski definition) is 2. The van der Waals surface area contributed by atoms with Crippen molar-refractivity contribution in [1.82, 2.24) is 0 Å². The van der Waals surface area contributed by atoms with Gasteiger partial charge in [0.05, 0.1) is 5.57 Å². The van der Waals surface area contributed by atoms with Crippen LogP contribution in [0.2, 0.25) is 0 Å². The van der Waals surface area contributed by atoms with Crippen LogP contribution in [0.3, 0.4) is 0 Å². The van der Waals surface area contributed by atoms with Gasteiger partial charge in [0.25, 0.3) is 0 Å². The molecule has 98 valence electrons. The Morgan fingerprint density at radius 3 is 1.67 bits per heavy atom. The van der Waals surface area contributed by atoms with Crippen molar-refractivity contribution in [1.29, 1.82) is 0 Å². The molecule has 0 spiro atoms. The van der Waals surface area contributed by atoms with Crippen LogP contribution in [-0.2, 0) is 4.79 Å². The van der Waals surface area contributed by atoms with Crippen molar-refractivity contribution < 1.29 is 15.0 Å². The topological polar surface area (TPSA) is 57.5 Å². The summed E-state index contributed by atoms with van der Waals surface area (Å²) in [7, 11) is 0. The first kappa shape index (κ1) is 16.0. The average Bonchev–Trinajstić information content (AvgIpc) is 2.22. The van der Waals surface area contributed by atoms with Gasteiger partial charge in [-0.2, -0.15) is 0 Å². The van der Waals surface area contributed by atoms with Crippen LogP contribution in [0.15, 0.2) is 58.9 Å². The Bertz CT molecular complexity index is 474. The molecule has 2 N–H and O–H groups in total. The summed E-state index contributed by atoms with van der Waals surface area (Å²) in [5, 5.41) is 19.0. The Balaban J connectivity index is 5.70. The van der Waals surface area contributed by atoms with Crippen molar-refractivity contribution >= 4 is 5.97 Å².